The van der Waals surface area contributed by atoms with Gasteiger partial charge in [0.15, 0.2) is 0 Å². The topological polar surface area (TPSA) is 21.3 Å². The van der Waals surface area contributed by atoms with E-state index in [9.17, 15) is 4.39 Å². The molecule has 1 N–H and O–H groups in total. The van der Waals surface area contributed by atoms with E-state index in [1.807, 2.05) is 6.07 Å². The van der Waals surface area contributed by atoms with Gasteiger partial charge in [0.25, 0.3) is 0 Å². The maximum Gasteiger partial charge on any atom is 0.137 e. The Morgan fingerprint density at radius 3 is 2.68 bits per heavy atom. The minimum atomic E-state index is -0.217. The lowest BCUT2D eigenvalue weighted by Crippen LogP contribution is -2.37. The Labute approximate surface area is 141 Å². The van der Waals surface area contributed by atoms with Gasteiger partial charge in [0.2, 0.25) is 0 Å². The first kappa shape index (κ1) is 17.6. The molecule has 1 fully saturated rings. The normalized spacial score (nSPS) is 17.7. The number of ether oxygens (including phenoxy) is 1. The van der Waals surface area contributed by atoms with E-state index < -0.39 is 0 Å². The van der Waals surface area contributed by atoms with Crippen molar-refractivity contribution in [2.75, 3.05) is 19.8 Å². The van der Waals surface area contributed by atoms with E-state index in [0.29, 0.717) is 16.4 Å². The van der Waals surface area contributed by atoms with Crippen molar-refractivity contribution in [1.82, 2.24) is 5.32 Å². The Morgan fingerprint density at radius 2 is 2.09 bits per heavy atom. The molecule has 1 atom stereocenters. The highest BCUT2D eigenvalue weighted by molar-refractivity contribution is 9.10. The van der Waals surface area contributed by atoms with Crippen molar-refractivity contribution in [3.63, 3.8) is 0 Å². The Bertz CT molecular complexity index is 512. The number of nitrogens with one attached hydrogen (secondary N) is 1. The molecule has 1 heterocycles. The van der Waals surface area contributed by atoms with Crippen molar-refractivity contribution in [3.8, 4) is 0 Å². The number of hydrogen-bond acceptors (Lipinski definition) is 2. The summed E-state index contributed by atoms with van der Waals surface area (Å²) in [6.45, 7) is 11.0. The second-order valence-corrected chi connectivity index (χ2v) is 7.10. The van der Waals surface area contributed by atoms with Gasteiger partial charge in [0, 0.05) is 31.7 Å². The second kappa shape index (κ2) is 8.23. The first-order chi connectivity index (χ1) is 10.5. The Kier molecular flexibility index (Phi) is 6.60. The van der Waals surface area contributed by atoms with Gasteiger partial charge in [-0.25, -0.2) is 4.39 Å². The lowest BCUT2D eigenvalue weighted by atomic mass is 9.85. The van der Waals surface area contributed by atoms with E-state index in [2.05, 4.69) is 41.7 Å². The first-order valence-electron chi connectivity index (χ1n) is 7.93. The lowest BCUT2D eigenvalue weighted by Gasteiger charge is -2.28. The monoisotopic (exact) mass is 369 g/mol. The van der Waals surface area contributed by atoms with Crippen LogP contribution >= 0.6 is 15.9 Å². The van der Waals surface area contributed by atoms with E-state index in [1.165, 1.54) is 0 Å². The fourth-order valence-electron chi connectivity index (χ4n) is 2.78. The Hall–Kier alpha value is -0.710. The molecule has 1 aromatic rings. The van der Waals surface area contributed by atoms with Crippen molar-refractivity contribution >= 4 is 15.9 Å². The molecule has 0 radical (unpaired) electrons. The smallest absolute Gasteiger partial charge is 0.137 e. The van der Waals surface area contributed by atoms with Gasteiger partial charge in [-0.3, -0.25) is 0 Å². The van der Waals surface area contributed by atoms with Gasteiger partial charge in [0.1, 0.15) is 5.82 Å². The predicted molar refractivity (Wildman–Crippen MR) is 92.7 cm³/mol. The van der Waals surface area contributed by atoms with E-state index in [4.69, 9.17) is 4.74 Å². The molecule has 1 aliphatic rings. The number of rotatable bonds is 6. The van der Waals surface area contributed by atoms with Crippen LogP contribution in [-0.2, 0) is 4.74 Å². The molecule has 0 aliphatic carbocycles. The third kappa shape index (κ3) is 4.64. The molecule has 2 nitrogen and oxygen atoms in total. The SMILES string of the molecule is C=C(C(C)C)[C@H](CNC1CCOCC1)c1ccc(Br)c(F)c1. The fourth-order valence-corrected chi connectivity index (χ4v) is 3.03. The molecule has 1 aliphatic heterocycles. The van der Waals surface area contributed by atoms with Crippen LogP contribution in [0.15, 0.2) is 34.8 Å². The third-order valence-corrected chi connectivity index (χ3v) is 5.01. The number of halogens is 2. The van der Waals surface area contributed by atoms with Crippen LogP contribution < -0.4 is 5.32 Å². The third-order valence-electron chi connectivity index (χ3n) is 4.37. The predicted octanol–water partition coefficient (Wildman–Crippen LogP) is 4.65. The fraction of sp³-hybridized carbons (Fsp3) is 0.556. The van der Waals surface area contributed by atoms with Gasteiger partial charge in [-0.1, -0.05) is 32.1 Å². The highest BCUT2D eigenvalue weighted by Crippen LogP contribution is 2.30. The van der Waals surface area contributed by atoms with Crippen LogP contribution in [-0.4, -0.2) is 25.8 Å². The second-order valence-electron chi connectivity index (χ2n) is 6.25. The molecular weight excluding hydrogens is 345 g/mol. The van der Waals surface area contributed by atoms with Crippen LogP contribution in [0.3, 0.4) is 0 Å². The summed E-state index contributed by atoms with van der Waals surface area (Å²) in [7, 11) is 0. The minimum absolute atomic E-state index is 0.130. The summed E-state index contributed by atoms with van der Waals surface area (Å²) >= 11 is 3.22. The minimum Gasteiger partial charge on any atom is -0.381 e. The molecule has 0 bridgehead atoms. The van der Waals surface area contributed by atoms with Crippen LogP contribution in [0.2, 0.25) is 0 Å². The summed E-state index contributed by atoms with van der Waals surface area (Å²) in [5, 5.41) is 3.62. The first-order valence-corrected chi connectivity index (χ1v) is 8.73. The zero-order valence-corrected chi connectivity index (χ0v) is 15.0. The van der Waals surface area contributed by atoms with Crippen LogP contribution in [0.4, 0.5) is 4.39 Å². The molecule has 0 amide bonds. The summed E-state index contributed by atoms with van der Waals surface area (Å²) in [4.78, 5) is 0. The van der Waals surface area contributed by atoms with Gasteiger partial charge in [-0.05, 0) is 52.4 Å². The van der Waals surface area contributed by atoms with E-state index in [-0.39, 0.29) is 11.7 Å². The van der Waals surface area contributed by atoms with Crippen LogP contribution in [0.1, 0.15) is 38.2 Å². The van der Waals surface area contributed by atoms with E-state index >= 15 is 0 Å². The maximum atomic E-state index is 13.9. The quantitative estimate of drug-likeness (QED) is 0.736. The van der Waals surface area contributed by atoms with Crippen molar-refractivity contribution < 1.29 is 9.13 Å². The molecule has 1 aromatic carbocycles. The van der Waals surface area contributed by atoms with Crippen LogP contribution in [0.5, 0.6) is 0 Å². The zero-order valence-electron chi connectivity index (χ0n) is 13.4. The van der Waals surface area contributed by atoms with Gasteiger partial charge in [-0.2, -0.15) is 0 Å². The summed E-state index contributed by atoms with van der Waals surface area (Å²) in [5.41, 5.74) is 2.13. The molecule has 4 heteroatoms. The largest absolute Gasteiger partial charge is 0.381 e. The molecule has 0 aromatic heterocycles. The highest BCUT2D eigenvalue weighted by atomic mass is 79.9. The molecule has 0 spiro atoms. The molecule has 22 heavy (non-hydrogen) atoms. The van der Waals surface area contributed by atoms with Crippen LogP contribution in [0.25, 0.3) is 0 Å². The maximum absolute atomic E-state index is 13.9. The van der Waals surface area contributed by atoms with Crippen molar-refractivity contribution in [2.24, 2.45) is 5.92 Å². The number of benzene rings is 1. The Morgan fingerprint density at radius 1 is 1.41 bits per heavy atom. The zero-order chi connectivity index (χ0) is 16.1. The van der Waals surface area contributed by atoms with Gasteiger partial charge >= 0.3 is 0 Å². The summed E-state index contributed by atoms with van der Waals surface area (Å²) < 4.78 is 19.8. The highest BCUT2D eigenvalue weighted by Gasteiger charge is 2.21. The van der Waals surface area contributed by atoms with Crippen LogP contribution in [0, 0.1) is 11.7 Å². The molecule has 2 rings (SSSR count). The summed E-state index contributed by atoms with van der Waals surface area (Å²) in [5.74, 6) is 0.281. The van der Waals surface area contributed by atoms with Crippen molar-refractivity contribution in [1.29, 1.82) is 0 Å². The standard InChI is InChI=1S/C18H25BrFNO/c1-12(2)13(3)16(11-21-15-6-8-22-9-7-15)14-4-5-17(19)18(20)10-14/h4-5,10,12,15-16,21H,3,6-9,11H2,1-2H3/t16-/m0/s1. The number of hydrogen-bond donors (Lipinski definition) is 1. The summed E-state index contributed by atoms with van der Waals surface area (Å²) in [6.07, 6.45) is 2.07. The average molecular weight is 370 g/mol. The molecule has 1 saturated heterocycles. The lowest BCUT2D eigenvalue weighted by molar-refractivity contribution is 0.0778. The van der Waals surface area contributed by atoms with Gasteiger partial charge in [0.05, 0.1) is 4.47 Å². The molecule has 122 valence electrons. The molecule has 0 saturated carbocycles. The van der Waals surface area contributed by atoms with Crippen molar-refractivity contribution in [3.05, 3.63) is 46.2 Å². The van der Waals surface area contributed by atoms with E-state index in [1.54, 1.807) is 12.1 Å². The Balaban J connectivity index is 2.11. The summed E-state index contributed by atoms with van der Waals surface area (Å²) in [6, 6.07) is 5.86. The van der Waals surface area contributed by atoms with Crippen molar-refractivity contribution in [2.45, 2.75) is 38.6 Å². The van der Waals surface area contributed by atoms with E-state index in [0.717, 1.165) is 43.7 Å². The molecule has 0 unspecified atom stereocenters. The molecular formula is C18H25BrFNO. The van der Waals surface area contributed by atoms with Gasteiger partial charge in [-0.15, -0.1) is 0 Å². The average Bonchev–Trinajstić information content (AvgIpc) is 2.51. The van der Waals surface area contributed by atoms with Gasteiger partial charge < -0.3 is 10.1 Å².